The topological polar surface area (TPSA) is 84.2 Å². The molecule has 8 nitrogen and oxygen atoms in total. The predicted molar refractivity (Wildman–Crippen MR) is 121 cm³/mol. The standard InChI is InChI=1S/C22H28N6O2S/c1-18(2)31(29,30)17-19-6-5-7-21(14-19)27-12-10-26(11-13-27)16-20-15-24-28(25-20)22-8-3-4-9-23-22/h3-9,14-15,18H,10-13,16-17H2,1-2H3. The fourth-order valence-electron chi connectivity index (χ4n) is 3.58. The Kier molecular flexibility index (Phi) is 6.33. The number of hydrogen-bond donors (Lipinski definition) is 0. The first-order valence-corrected chi connectivity index (χ1v) is 12.2. The van der Waals surface area contributed by atoms with E-state index >= 15 is 0 Å². The molecule has 0 saturated carbocycles. The molecule has 0 bridgehead atoms. The van der Waals surface area contributed by atoms with Crippen molar-refractivity contribution in [2.24, 2.45) is 0 Å². The molecule has 1 aliphatic rings. The van der Waals surface area contributed by atoms with Gasteiger partial charge in [0.05, 0.1) is 22.9 Å². The second-order valence-electron chi connectivity index (χ2n) is 8.10. The van der Waals surface area contributed by atoms with E-state index in [1.807, 2.05) is 36.4 Å². The predicted octanol–water partition coefficient (Wildman–Crippen LogP) is 2.31. The highest BCUT2D eigenvalue weighted by Crippen LogP contribution is 2.21. The van der Waals surface area contributed by atoms with Gasteiger partial charge in [-0.05, 0) is 43.7 Å². The molecular formula is C22H28N6O2S. The van der Waals surface area contributed by atoms with Gasteiger partial charge in [-0.2, -0.15) is 10.2 Å². The summed E-state index contributed by atoms with van der Waals surface area (Å²) in [5.74, 6) is 0.794. The van der Waals surface area contributed by atoms with Crippen LogP contribution in [0.15, 0.2) is 54.9 Å². The summed E-state index contributed by atoms with van der Waals surface area (Å²) >= 11 is 0. The summed E-state index contributed by atoms with van der Waals surface area (Å²) in [5, 5.41) is 8.50. The molecule has 0 spiro atoms. The van der Waals surface area contributed by atoms with Crippen molar-refractivity contribution in [1.29, 1.82) is 0 Å². The molecule has 31 heavy (non-hydrogen) atoms. The lowest BCUT2D eigenvalue weighted by Crippen LogP contribution is -2.46. The summed E-state index contributed by atoms with van der Waals surface area (Å²) in [6, 6.07) is 13.6. The molecule has 0 N–H and O–H groups in total. The van der Waals surface area contributed by atoms with Crippen molar-refractivity contribution in [1.82, 2.24) is 24.9 Å². The van der Waals surface area contributed by atoms with Gasteiger partial charge in [0.15, 0.2) is 15.7 Å². The van der Waals surface area contributed by atoms with Crippen molar-refractivity contribution in [2.45, 2.75) is 31.4 Å². The second kappa shape index (κ2) is 9.15. The Bertz CT molecular complexity index is 1110. The number of anilines is 1. The van der Waals surface area contributed by atoms with Gasteiger partial charge in [-0.15, -0.1) is 4.80 Å². The van der Waals surface area contributed by atoms with Crippen LogP contribution in [-0.4, -0.2) is 64.7 Å². The van der Waals surface area contributed by atoms with Crippen LogP contribution in [0.2, 0.25) is 0 Å². The van der Waals surface area contributed by atoms with Crippen molar-refractivity contribution >= 4 is 15.5 Å². The molecule has 0 atom stereocenters. The number of nitrogens with zero attached hydrogens (tertiary/aromatic N) is 6. The van der Waals surface area contributed by atoms with Gasteiger partial charge in [-0.3, -0.25) is 4.90 Å². The molecule has 1 fully saturated rings. The van der Waals surface area contributed by atoms with E-state index in [4.69, 9.17) is 0 Å². The van der Waals surface area contributed by atoms with Gasteiger partial charge in [0.1, 0.15) is 0 Å². The van der Waals surface area contributed by atoms with Gasteiger partial charge >= 0.3 is 0 Å². The molecule has 1 saturated heterocycles. The van der Waals surface area contributed by atoms with Crippen molar-refractivity contribution in [3.63, 3.8) is 0 Å². The van der Waals surface area contributed by atoms with Crippen LogP contribution in [0.1, 0.15) is 25.1 Å². The van der Waals surface area contributed by atoms with Crippen molar-refractivity contribution in [2.75, 3.05) is 31.1 Å². The van der Waals surface area contributed by atoms with Crippen LogP contribution in [-0.2, 0) is 22.1 Å². The molecule has 3 aromatic rings. The van der Waals surface area contributed by atoms with Gasteiger partial charge in [-0.1, -0.05) is 18.2 Å². The van der Waals surface area contributed by atoms with Crippen LogP contribution < -0.4 is 4.90 Å². The van der Waals surface area contributed by atoms with E-state index in [1.165, 1.54) is 0 Å². The maximum absolute atomic E-state index is 12.3. The normalized spacial score (nSPS) is 15.5. The quantitative estimate of drug-likeness (QED) is 0.557. The van der Waals surface area contributed by atoms with Gasteiger partial charge in [0, 0.05) is 44.6 Å². The third-order valence-corrected chi connectivity index (χ3v) is 7.69. The number of pyridine rings is 1. The van der Waals surface area contributed by atoms with E-state index in [2.05, 4.69) is 31.0 Å². The first-order chi connectivity index (χ1) is 14.9. The number of hydrogen-bond acceptors (Lipinski definition) is 7. The maximum atomic E-state index is 12.3. The van der Waals surface area contributed by atoms with Crippen LogP contribution >= 0.6 is 0 Å². The fraction of sp³-hybridized carbons (Fsp3) is 0.409. The molecule has 1 aromatic carbocycles. The zero-order valence-electron chi connectivity index (χ0n) is 17.9. The summed E-state index contributed by atoms with van der Waals surface area (Å²) in [6.07, 6.45) is 3.52. The molecular weight excluding hydrogens is 412 g/mol. The minimum atomic E-state index is -3.11. The zero-order chi connectivity index (χ0) is 21.8. The van der Waals surface area contributed by atoms with Crippen molar-refractivity contribution < 1.29 is 8.42 Å². The number of rotatable bonds is 7. The van der Waals surface area contributed by atoms with Gasteiger partial charge in [-0.25, -0.2) is 13.4 Å². The lowest BCUT2D eigenvalue weighted by Gasteiger charge is -2.35. The molecule has 3 heterocycles. The van der Waals surface area contributed by atoms with Gasteiger partial charge in [0.2, 0.25) is 0 Å². The van der Waals surface area contributed by atoms with Crippen molar-refractivity contribution in [3.8, 4) is 5.82 Å². The minimum Gasteiger partial charge on any atom is -0.369 e. The Hall–Kier alpha value is -2.78. The third-order valence-electron chi connectivity index (χ3n) is 5.51. The maximum Gasteiger partial charge on any atom is 0.174 e. The van der Waals surface area contributed by atoms with E-state index in [9.17, 15) is 8.42 Å². The fourth-order valence-corrected chi connectivity index (χ4v) is 4.56. The molecule has 4 rings (SSSR count). The van der Waals surface area contributed by atoms with Gasteiger partial charge in [0.25, 0.3) is 0 Å². The summed E-state index contributed by atoms with van der Waals surface area (Å²) in [5.41, 5.74) is 2.84. The number of aromatic nitrogens is 4. The summed E-state index contributed by atoms with van der Waals surface area (Å²) < 4.78 is 24.5. The second-order valence-corrected chi connectivity index (χ2v) is 10.7. The zero-order valence-corrected chi connectivity index (χ0v) is 18.7. The Balaban J connectivity index is 1.34. The third kappa shape index (κ3) is 5.29. The monoisotopic (exact) mass is 440 g/mol. The summed E-state index contributed by atoms with van der Waals surface area (Å²) in [6.45, 7) is 7.79. The lowest BCUT2D eigenvalue weighted by atomic mass is 10.2. The van der Waals surface area contributed by atoms with E-state index in [0.29, 0.717) is 5.82 Å². The molecule has 0 radical (unpaired) electrons. The number of piperazine rings is 1. The van der Waals surface area contributed by atoms with Gasteiger partial charge < -0.3 is 4.90 Å². The molecule has 9 heteroatoms. The highest BCUT2D eigenvalue weighted by atomic mass is 32.2. The average Bonchev–Trinajstić information content (AvgIpc) is 3.23. The molecule has 1 aliphatic heterocycles. The Morgan fingerprint density at radius 1 is 1.03 bits per heavy atom. The minimum absolute atomic E-state index is 0.0877. The van der Waals surface area contributed by atoms with E-state index < -0.39 is 9.84 Å². The first kappa shape index (κ1) is 21.5. The van der Waals surface area contributed by atoms with E-state index in [-0.39, 0.29) is 11.0 Å². The molecule has 0 amide bonds. The van der Waals surface area contributed by atoms with E-state index in [0.717, 1.165) is 49.7 Å². The number of benzene rings is 1. The number of sulfone groups is 1. The summed E-state index contributed by atoms with van der Waals surface area (Å²) in [4.78, 5) is 10.5. The molecule has 2 aromatic heterocycles. The smallest absolute Gasteiger partial charge is 0.174 e. The SMILES string of the molecule is CC(C)S(=O)(=O)Cc1cccc(N2CCN(Cc3cnn(-c4ccccn4)n3)CC2)c1. The Morgan fingerprint density at radius 2 is 1.84 bits per heavy atom. The highest BCUT2D eigenvalue weighted by Gasteiger charge is 2.20. The van der Waals surface area contributed by atoms with Crippen LogP contribution in [0, 0.1) is 0 Å². The van der Waals surface area contributed by atoms with Crippen LogP contribution in [0.5, 0.6) is 0 Å². The lowest BCUT2D eigenvalue weighted by molar-refractivity contribution is 0.246. The Morgan fingerprint density at radius 3 is 2.55 bits per heavy atom. The average molecular weight is 441 g/mol. The largest absolute Gasteiger partial charge is 0.369 e. The molecule has 0 aliphatic carbocycles. The Labute approximate surface area is 183 Å². The highest BCUT2D eigenvalue weighted by molar-refractivity contribution is 7.91. The van der Waals surface area contributed by atoms with Crippen LogP contribution in [0.3, 0.4) is 0 Å². The molecule has 0 unspecified atom stereocenters. The summed E-state index contributed by atoms with van der Waals surface area (Å²) in [7, 11) is -3.11. The van der Waals surface area contributed by atoms with E-state index in [1.54, 1.807) is 31.0 Å². The van der Waals surface area contributed by atoms with Crippen molar-refractivity contribution in [3.05, 3.63) is 66.1 Å². The first-order valence-electron chi connectivity index (χ1n) is 10.5. The molecule has 164 valence electrons. The van der Waals surface area contributed by atoms with Crippen LogP contribution in [0.4, 0.5) is 5.69 Å². The van der Waals surface area contributed by atoms with Crippen LogP contribution in [0.25, 0.3) is 5.82 Å².